The topological polar surface area (TPSA) is 76.5 Å². The van der Waals surface area contributed by atoms with Gasteiger partial charge >= 0.3 is 0 Å². The van der Waals surface area contributed by atoms with Crippen LogP contribution in [0.25, 0.3) is 10.9 Å². The number of para-hydroxylation sites is 1. The van der Waals surface area contributed by atoms with Crippen LogP contribution in [0, 0.1) is 6.92 Å². The van der Waals surface area contributed by atoms with E-state index in [0.717, 1.165) is 22.0 Å². The summed E-state index contributed by atoms with van der Waals surface area (Å²) in [6, 6.07) is 18.6. The van der Waals surface area contributed by atoms with E-state index in [4.69, 9.17) is 4.74 Å². The van der Waals surface area contributed by atoms with Crippen molar-refractivity contribution in [2.24, 2.45) is 7.05 Å². The monoisotopic (exact) mass is 468 g/mol. The van der Waals surface area contributed by atoms with Crippen molar-refractivity contribution in [2.45, 2.75) is 18.9 Å². The predicted octanol–water partition coefficient (Wildman–Crippen LogP) is 4.45. The fourth-order valence-corrected chi connectivity index (χ4v) is 5.01. The van der Waals surface area contributed by atoms with E-state index in [1.165, 1.54) is 0 Å². The van der Waals surface area contributed by atoms with Crippen LogP contribution in [0.4, 0.5) is 5.82 Å². The molecule has 1 aliphatic rings. The van der Waals surface area contributed by atoms with Crippen molar-refractivity contribution in [3.8, 4) is 0 Å². The maximum absolute atomic E-state index is 13.9. The molecule has 2 unspecified atom stereocenters. The second-order valence-electron chi connectivity index (χ2n) is 8.92. The van der Waals surface area contributed by atoms with Crippen molar-refractivity contribution < 1.29 is 14.3 Å². The molecule has 0 spiro atoms. The largest absolute Gasteiger partial charge is 0.383 e. The number of anilines is 1. The maximum Gasteiger partial charge on any atom is 0.254 e. The van der Waals surface area contributed by atoms with Crippen molar-refractivity contribution >= 4 is 28.5 Å². The second-order valence-corrected chi connectivity index (χ2v) is 8.92. The standard InChI is InChI=1S/C28H28N4O3/c1-18-12-13-24(29-16-18)30-27(33)25-20-9-4-5-10-21(20)28(34)32(14-15-35-3)26(25)22-17-31(2)23-11-7-6-8-19(22)23/h4-13,16-17,25-26H,14-15H2,1-3H3,(H,29,30,33). The summed E-state index contributed by atoms with van der Waals surface area (Å²) in [6.07, 6.45) is 3.75. The fraction of sp³-hybridized carbons (Fsp3) is 0.250. The molecule has 0 bridgehead atoms. The maximum atomic E-state index is 13.9. The molecular formula is C28H28N4O3. The molecule has 2 amide bonds. The first-order chi connectivity index (χ1) is 17.0. The number of carbonyl (C=O) groups is 2. The molecule has 2 aromatic heterocycles. The van der Waals surface area contributed by atoms with Crippen LogP contribution in [-0.2, 0) is 16.6 Å². The molecule has 0 fully saturated rings. The first kappa shape index (κ1) is 22.8. The van der Waals surface area contributed by atoms with Crippen LogP contribution in [-0.4, -0.2) is 46.5 Å². The molecular weight excluding hydrogens is 440 g/mol. The third-order valence-electron chi connectivity index (χ3n) is 6.67. The summed E-state index contributed by atoms with van der Waals surface area (Å²) in [4.78, 5) is 33.8. The highest BCUT2D eigenvalue weighted by Crippen LogP contribution is 2.45. The number of amides is 2. The van der Waals surface area contributed by atoms with Gasteiger partial charge in [0.05, 0.1) is 18.6 Å². The van der Waals surface area contributed by atoms with Gasteiger partial charge in [0.25, 0.3) is 5.91 Å². The number of hydrogen-bond donors (Lipinski definition) is 1. The summed E-state index contributed by atoms with van der Waals surface area (Å²) in [7, 11) is 3.60. The third kappa shape index (κ3) is 4.08. The highest BCUT2D eigenvalue weighted by Gasteiger charge is 2.45. The van der Waals surface area contributed by atoms with Gasteiger partial charge in [-0.05, 0) is 36.2 Å². The smallest absolute Gasteiger partial charge is 0.254 e. The molecule has 35 heavy (non-hydrogen) atoms. The Morgan fingerprint density at radius 3 is 2.60 bits per heavy atom. The van der Waals surface area contributed by atoms with Gasteiger partial charge in [-0.2, -0.15) is 0 Å². The van der Waals surface area contributed by atoms with Gasteiger partial charge in [-0.25, -0.2) is 4.98 Å². The molecule has 2 aromatic carbocycles. The Balaban J connectivity index is 1.69. The minimum Gasteiger partial charge on any atom is -0.383 e. The quantitative estimate of drug-likeness (QED) is 0.454. The van der Waals surface area contributed by atoms with E-state index < -0.39 is 12.0 Å². The molecule has 0 saturated carbocycles. The summed E-state index contributed by atoms with van der Waals surface area (Å²) in [5.74, 6) is -0.459. The highest BCUT2D eigenvalue weighted by atomic mass is 16.5. The Hall–Kier alpha value is -3.97. The molecule has 4 aromatic rings. The number of methoxy groups -OCH3 is 1. The fourth-order valence-electron chi connectivity index (χ4n) is 5.01. The summed E-state index contributed by atoms with van der Waals surface area (Å²) < 4.78 is 7.39. The minimum absolute atomic E-state index is 0.104. The molecule has 0 saturated heterocycles. The van der Waals surface area contributed by atoms with E-state index in [1.807, 2.05) is 73.3 Å². The number of carbonyl (C=O) groups excluding carboxylic acids is 2. The van der Waals surface area contributed by atoms with E-state index in [-0.39, 0.29) is 11.8 Å². The molecule has 0 radical (unpaired) electrons. The van der Waals surface area contributed by atoms with E-state index in [2.05, 4.69) is 10.3 Å². The Labute approximate surface area is 204 Å². The number of benzene rings is 2. The van der Waals surface area contributed by atoms with Crippen LogP contribution in [0.15, 0.2) is 73.1 Å². The lowest BCUT2D eigenvalue weighted by molar-refractivity contribution is -0.119. The number of aromatic nitrogens is 2. The molecule has 5 rings (SSSR count). The first-order valence-corrected chi connectivity index (χ1v) is 11.7. The van der Waals surface area contributed by atoms with Gasteiger partial charge in [-0.3, -0.25) is 9.59 Å². The summed E-state index contributed by atoms with van der Waals surface area (Å²) in [5.41, 5.74) is 4.24. The van der Waals surface area contributed by atoms with E-state index in [1.54, 1.807) is 30.3 Å². The van der Waals surface area contributed by atoms with Crippen LogP contribution < -0.4 is 5.32 Å². The average molecular weight is 469 g/mol. The van der Waals surface area contributed by atoms with Crippen molar-refractivity contribution in [3.05, 3.63) is 95.3 Å². The average Bonchev–Trinajstić information content (AvgIpc) is 3.21. The van der Waals surface area contributed by atoms with E-state index in [9.17, 15) is 9.59 Å². The van der Waals surface area contributed by atoms with Crippen LogP contribution in [0.5, 0.6) is 0 Å². The Kier molecular flexibility index (Phi) is 6.09. The van der Waals surface area contributed by atoms with Gasteiger partial charge < -0.3 is 19.5 Å². The molecule has 2 atom stereocenters. The highest BCUT2D eigenvalue weighted by molar-refractivity contribution is 6.05. The number of hydrogen-bond acceptors (Lipinski definition) is 4. The van der Waals surface area contributed by atoms with Gasteiger partial charge in [0.2, 0.25) is 5.91 Å². The number of pyridine rings is 1. The zero-order chi connectivity index (χ0) is 24.5. The number of ether oxygens (including phenoxy) is 1. The summed E-state index contributed by atoms with van der Waals surface area (Å²) in [5, 5.41) is 4.01. The number of nitrogens with one attached hydrogen (secondary N) is 1. The molecule has 1 N–H and O–H groups in total. The molecule has 0 aliphatic carbocycles. The second kappa shape index (κ2) is 9.35. The molecule has 178 valence electrons. The molecule has 3 heterocycles. The van der Waals surface area contributed by atoms with Gasteiger partial charge in [-0.15, -0.1) is 0 Å². The van der Waals surface area contributed by atoms with Gasteiger partial charge in [0.15, 0.2) is 0 Å². The van der Waals surface area contributed by atoms with Crippen LogP contribution in [0.3, 0.4) is 0 Å². The van der Waals surface area contributed by atoms with E-state index in [0.29, 0.717) is 30.1 Å². The van der Waals surface area contributed by atoms with Gasteiger partial charge in [-0.1, -0.05) is 42.5 Å². The van der Waals surface area contributed by atoms with E-state index >= 15 is 0 Å². The molecule has 7 heteroatoms. The van der Waals surface area contributed by atoms with Crippen LogP contribution >= 0.6 is 0 Å². The predicted molar refractivity (Wildman–Crippen MR) is 135 cm³/mol. The van der Waals surface area contributed by atoms with Crippen molar-refractivity contribution in [3.63, 3.8) is 0 Å². The van der Waals surface area contributed by atoms with Crippen molar-refractivity contribution in [2.75, 3.05) is 25.6 Å². The zero-order valence-corrected chi connectivity index (χ0v) is 20.1. The first-order valence-electron chi connectivity index (χ1n) is 11.7. The lowest BCUT2D eigenvalue weighted by atomic mass is 9.79. The number of aryl methyl sites for hydroxylation is 2. The minimum atomic E-state index is -0.630. The number of fused-ring (bicyclic) bond motifs is 2. The summed E-state index contributed by atoms with van der Waals surface area (Å²) in [6.45, 7) is 2.68. The molecule has 7 nitrogen and oxygen atoms in total. The Bertz CT molecular complexity index is 1390. The molecule has 1 aliphatic heterocycles. The zero-order valence-electron chi connectivity index (χ0n) is 20.1. The van der Waals surface area contributed by atoms with Gasteiger partial charge in [0, 0.05) is 55.1 Å². The van der Waals surface area contributed by atoms with Crippen molar-refractivity contribution in [1.29, 1.82) is 0 Å². The Morgan fingerprint density at radius 1 is 1.06 bits per heavy atom. The lowest BCUT2D eigenvalue weighted by Gasteiger charge is -2.41. The third-order valence-corrected chi connectivity index (χ3v) is 6.67. The SMILES string of the molecule is COCCN1C(=O)c2ccccc2C(C(=O)Nc2ccc(C)cn2)C1c1cn(C)c2ccccc12. The number of nitrogens with zero attached hydrogens (tertiary/aromatic N) is 3. The van der Waals surface area contributed by atoms with Gasteiger partial charge in [0.1, 0.15) is 5.82 Å². The Morgan fingerprint density at radius 2 is 1.83 bits per heavy atom. The summed E-state index contributed by atoms with van der Waals surface area (Å²) >= 11 is 0. The van der Waals surface area contributed by atoms with Crippen LogP contribution in [0.2, 0.25) is 0 Å². The number of rotatable bonds is 6. The van der Waals surface area contributed by atoms with Crippen LogP contribution in [0.1, 0.15) is 39.0 Å². The normalized spacial score (nSPS) is 17.5. The lowest BCUT2D eigenvalue weighted by Crippen LogP contribution is -2.47. The van der Waals surface area contributed by atoms with Crippen molar-refractivity contribution in [1.82, 2.24) is 14.5 Å².